The molecule has 2 unspecified atom stereocenters. The van der Waals surface area contributed by atoms with Crippen molar-refractivity contribution in [3.05, 3.63) is 29.8 Å². The quantitative estimate of drug-likeness (QED) is 0.840. The average Bonchev–Trinajstić information content (AvgIpc) is 2.83. The standard InChI is InChI=1S/C14H19NO5S/c1-2-3-10-4-6-12(7-5-10)21(19,20)15-9-11(16)8-13(15)14(17)18/h4-7,11,13,16H,2-3,8-9H2,1H3,(H,17,18). The van der Waals surface area contributed by atoms with Gasteiger partial charge in [0.1, 0.15) is 6.04 Å². The lowest BCUT2D eigenvalue weighted by Gasteiger charge is -2.20. The Bertz CT molecular complexity index is 611. The van der Waals surface area contributed by atoms with E-state index in [9.17, 15) is 18.3 Å². The normalized spacial score (nSPS) is 23.3. The van der Waals surface area contributed by atoms with E-state index in [1.54, 1.807) is 12.1 Å². The molecule has 1 heterocycles. The number of carboxylic acid groups (broad SMARTS) is 1. The number of aliphatic carboxylic acids is 1. The highest BCUT2D eigenvalue weighted by Gasteiger charge is 2.43. The van der Waals surface area contributed by atoms with Crippen molar-refractivity contribution >= 4 is 16.0 Å². The lowest BCUT2D eigenvalue weighted by atomic mass is 10.1. The molecule has 0 saturated carbocycles. The number of hydrogen-bond donors (Lipinski definition) is 2. The molecule has 7 heteroatoms. The topological polar surface area (TPSA) is 94.9 Å². The van der Waals surface area contributed by atoms with Crippen LogP contribution in [0.3, 0.4) is 0 Å². The molecule has 1 aromatic rings. The zero-order chi connectivity index (χ0) is 15.6. The Hall–Kier alpha value is -1.44. The van der Waals surface area contributed by atoms with E-state index >= 15 is 0 Å². The van der Waals surface area contributed by atoms with Crippen LogP contribution >= 0.6 is 0 Å². The highest BCUT2D eigenvalue weighted by Crippen LogP contribution is 2.26. The summed E-state index contributed by atoms with van der Waals surface area (Å²) in [6, 6.07) is 5.24. The van der Waals surface area contributed by atoms with Crippen LogP contribution in [0.15, 0.2) is 29.2 Å². The van der Waals surface area contributed by atoms with E-state index in [-0.39, 0.29) is 17.9 Å². The van der Waals surface area contributed by atoms with Gasteiger partial charge in [-0.05, 0) is 24.1 Å². The highest BCUT2D eigenvalue weighted by atomic mass is 32.2. The number of aliphatic hydroxyl groups excluding tert-OH is 1. The Kier molecular flexibility index (Phi) is 4.65. The van der Waals surface area contributed by atoms with Gasteiger partial charge in [0.05, 0.1) is 11.0 Å². The summed E-state index contributed by atoms with van der Waals surface area (Å²) in [5.41, 5.74) is 1.03. The van der Waals surface area contributed by atoms with Crippen molar-refractivity contribution in [1.82, 2.24) is 4.31 Å². The molecule has 1 fully saturated rings. The second-order valence-electron chi connectivity index (χ2n) is 5.21. The molecule has 2 N–H and O–H groups in total. The third-order valence-corrected chi connectivity index (χ3v) is 5.48. The molecule has 1 aliphatic rings. The van der Waals surface area contributed by atoms with Crippen LogP contribution < -0.4 is 0 Å². The second-order valence-corrected chi connectivity index (χ2v) is 7.10. The molecule has 0 bridgehead atoms. The lowest BCUT2D eigenvalue weighted by molar-refractivity contribution is -0.140. The van der Waals surface area contributed by atoms with Gasteiger partial charge in [-0.25, -0.2) is 8.42 Å². The predicted octanol–water partition coefficient (Wildman–Crippen LogP) is 0.848. The smallest absolute Gasteiger partial charge is 0.322 e. The zero-order valence-electron chi connectivity index (χ0n) is 11.8. The van der Waals surface area contributed by atoms with E-state index in [1.807, 2.05) is 6.92 Å². The molecule has 0 aliphatic carbocycles. The van der Waals surface area contributed by atoms with E-state index in [0.717, 1.165) is 22.7 Å². The Labute approximate surface area is 124 Å². The fraction of sp³-hybridized carbons (Fsp3) is 0.500. The Morgan fingerprint density at radius 3 is 2.48 bits per heavy atom. The first kappa shape index (κ1) is 15.9. The van der Waals surface area contributed by atoms with Gasteiger partial charge in [0.15, 0.2) is 0 Å². The Morgan fingerprint density at radius 2 is 1.95 bits per heavy atom. The van der Waals surface area contributed by atoms with Gasteiger partial charge < -0.3 is 10.2 Å². The van der Waals surface area contributed by atoms with Crippen LogP contribution in [0, 0.1) is 0 Å². The lowest BCUT2D eigenvalue weighted by Crippen LogP contribution is -2.40. The minimum atomic E-state index is -3.91. The summed E-state index contributed by atoms with van der Waals surface area (Å²) in [4.78, 5) is 11.2. The highest BCUT2D eigenvalue weighted by molar-refractivity contribution is 7.89. The number of hydrogen-bond acceptors (Lipinski definition) is 4. The largest absolute Gasteiger partial charge is 0.480 e. The van der Waals surface area contributed by atoms with Crippen LogP contribution in [0.1, 0.15) is 25.3 Å². The molecule has 0 radical (unpaired) electrons. The third kappa shape index (κ3) is 3.25. The van der Waals surface area contributed by atoms with Crippen molar-refractivity contribution in [2.45, 2.75) is 43.2 Å². The van der Waals surface area contributed by atoms with E-state index < -0.39 is 28.1 Å². The van der Waals surface area contributed by atoms with Crippen molar-refractivity contribution in [2.24, 2.45) is 0 Å². The minimum Gasteiger partial charge on any atom is -0.480 e. The molecule has 1 aromatic carbocycles. The summed E-state index contributed by atoms with van der Waals surface area (Å²) >= 11 is 0. The maximum atomic E-state index is 12.5. The van der Waals surface area contributed by atoms with Gasteiger partial charge in [-0.1, -0.05) is 25.5 Å². The molecule has 116 valence electrons. The Balaban J connectivity index is 2.30. The monoisotopic (exact) mass is 313 g/mol. The van der Waals surface area contributed by atoms with E-state index in [1.165, 1.54) is 12.1 Å². The average molecular weight is 313 g/mol. The van der Waals surface area contributed by atoms with Gasteiger partial charge in [-0.3, -0.25) is 4.79 Å². The molecular weight excluding hydrogens is 294 g/mol. The first-order valence-electron chi connectivity index (χ1n) is 6.88. The fourth-order valence-electron chi connectivity index (χ4n) is 2.53. The summed E-state index contributed by atoms with van der Waals surface area (Å²) in [6.45, 7) is 1.85. The molecule has 1 saturated heterocycles. The summed E-state index contributed by atoms with van der Waals surface area (Å²) in [7, 11) is -3.91. The van der Waals surface area contributed by atoms with E-state index in [2.05, 4.69) is 0 Å². The summed E-state index contributed by atoms with van der Waals surface area (Å²) < 4.78 is 25.9. The number of sulfonamides is 1. The van der Waals surface area contributed by atoms with Gasteiger partial charge in [0.2, 0.25) is 10.0 Å². The number of rotatable bonds is 5. The second kappa shape index (κ2) is 6.13. The molecular formula is C14H19NO5S. The van der Waals surface area contributed by atoms with Crippen molar-refractivity contribution < 1.29 is 23.4 Å². The van der Waals surface area contributed by atoms with Gasteiger partial charge in [0, 0.05) is 13.0 Å². The zero-order valence-corrected chi connectivity index (χ0v) is 12.6. The molecule has 2 atom stereocenters. The van der Waals surface area contributed by atoms with Crippen LogP contribution in [-0.2, 0) is 21.2 Å². The van der Waals surface area contributed by atoms with Crippen LogP contribution in [0.4, 0.5) is 0 Å². The number of β-amino-alcohol motifs (C(OH)–C–C–N with tert-alkyl or cyclic N) is 1. The van der Waals surface area contributed by atoms with Crippen molar-refractivity contribution in [3.63, 3.8) is 0 Å². The van der Waals surface area contributed by atoms with Crippen LogP contribution in [0.5, 0.6) is 0 Å². The van der Waals surface area contributed by atoms with Crippen LogP contribution in [0.25, 0.3) is 0 Å². The van der Waals surface area contributed by atoms with Crippen LogP contribution in [-0.4, -0.2) is 47.6 Å². The Morgan fingerprint density at radius 1 is 1.33 bits per heavy atom. The fourth-order valence-corrected chi connectivity index (χ4v) is 4.16. The molecule has 0 amide bonds. The van der Waals surface area contributed by atoms with Gasteiger partial charge in [-0.15, -0.1) is 0 Å². The predicted molar refractivity (Wildman–Crippen MR) is 76.4 cm³/mol. The van der Waals surface area contributed by atoms with Crippen molar-refractivity contribution in [1.29, 1.82) is 0 Å². The van der Waals surface area contributed by atoms with E-state index in [0.29, 0.717) is 0 Å². The van der Waals surface area contributed by atoms with Gasteiger partial charge >= 0.3 is 5.97 Å². The van der Waals surface area contributed by atoms with E-state index in [4.69, 9.17) is 5.11 Å². The summed E-state index contributed by atoms with van der Waals surface area (Å²) in [5, 5.41) is 18.7. The maximum Gasteiger partial charge on any atom is 0.322 e. The molecule has 6 nitrogen and oxygen atoms in total. The maximum absolute atomic E-state index is 12.5. The van der Waals surface area contributed by atoms with Crippen molar-refractivity contribution in [3.8, 4) is 0 Å². The summed E-state index contributed by atoms with van der Waals surface area (Å²) in [5.74, 6) is -1.24. The molecule has 2 rings (SSSR count). The van der Waals surface area contributed by atoms with Gasteiger partial charge in [-0.2, -0.15) is 4.31 Å². The molecule has 21 heavy (non-hydrogen) atoms. The molecule has 1 aliphatic heterocycles. The number of carboxylic acids is 1. The first-order valence-corrected chi connectivity index (χ1v) is 8.32. The van der Waals surface area contributed by atoms with Gasteiger partial charge in [0.25, 0.3) is 0 Å². The molecule has 0 aromatic heterocycles. The van der Waals surface area contributed by atoms with Crippen LogP contribution in [0.2, 0.25) is 0 Å². The number of aryl methyl sites for hydroxylation is 1. The number of benzene rings is 1. The minimum absolute atomic E-state index is 0.0581. The number of aliphatic hydroxyl groups is 1. The van der Waals surface area contributed by atoms with Crippen molar-refractivity contribution in [2.75, 3.05) is 6.54 Å². The summed E-state index contributed by atoms with van der Waals surface area (Å²) in [6.07, 6.45) is 0.800. The third-order valence-electron chi connectivity index (χ3n) is 3.59. The molecule has 0 spiro atoms. The number of nitrogens with zero attached hydrogens (tertiary/aromatic N) is 1. The first-order chi connectivity index (χ1) is 9.86. The SMILES string of the molecule is CCCc1ccc(S(=O)(=O)N2CC(O)CC2C(=O)O)cc1. The number of carbonyl (C=O) groups is 1.